The van der Waals surface area contributed by atoms with E-state index in [2.05, 4.69) is 6.92 Å². The minimum absolute atomic E-state index is 0.0220. The van der Waals surface area contributed by atoms with Crippen molar-refractivity contribution in [3.63, 3.8) is 0 Å². The van der Waals surface area contributed by atoms with E-state index in [-0.39, 0.29) is 12.5 Å². The highest BCUT2D eigenvalue weighted by molar-refractivity contribution is 5.97. The number of anilines is 1. The molecule has 16 heavy (non-hydrogen) atoms. The molecule has 0 radical (unpaired) electrons. The van der Waals surface area contributed by atoms with E-state index in [9.17, 15) is 4.79 Å². The third kappa shape index (κ3) is 1.88. The normalized spacial score (nSPS) is 14.6. The van der Waals surface area contributed by atoms with E-state index in [0.29, 0.717) is 13.1 Å². The van der Waals surface area contributed by atoms with Crippen LogP contribution in [0.25, 0.3) is 0 Å². The van der Waals surface area contributed by atoms with Crippen LogP contribution in [0.3, 0.4) is 0 Å². The molecule has 0 spiro atoms. The van der Waals surface area contributed by atoms with E-state index < -0.39 is 0 Å². The molecular weight excluding hydrogens is 204 g/mol. The zero-order chi connectivity index (χ0) is 11.5. The molecule has 0 aromatic heterocycles. The zero-order valence-corrected chi connectivity index (χ0v) is 9.40. The number of hydrogen-bond donors (Lipinski definition) is 1. The lowest BCUT2D eigenvalue weighted by Crippen LogP contribution is -2.41. The van der Waals surface area contributed by atoms with Crippen LogP contribution in [0, 0.1) is 0 Å². The second-order valence-corrected chi connectivity index (χ2v) is 3.78. The lowest BCUT2D eigenvalue weighted by Gasteiger charge is -2.29. The van der Waals surface area contributed by atoms with Crippen molar-refractivity contribution >= 4 is 11.6 Å². The van der Waals surface area contributed by atoms with Crippen molar-refractivity contribution in [3.8, 4) is 5.75 Å². The number of carbonyl (C=O) groups is 1. The van der Waals surface area contributed by atoms with Gasteiger partial charge < -0.3 is 15.4 Å². The molecule has 4 heteroatoms. The Bertz CT molecular complexity index is 404. The summed E-state index contributed by atoms with van der Waals surface area (Å²) < 4.78 is 5.38. The number of ether oxygens (including phenoxy) is 1. The molecular formula is C12H16N2O2. The van der Waals surface area contributed by atoms with Gasteiger partial charge in [0.1, 0.15) is 5.75 Å². The quantitative estimate of drug-likeness (QED) is 0.824. The molecule has 0 bridgehead atoms. The van der Waals surface area contributed by atoms with Crippen LogP contribution in [0.4, 0.5) is 5.69 Å². The van der Waals surface area contributed by atoms with E-state index in [1.165, 1.54) is 5.56 Å². The van der Waals surface area contributed by atoms with Gasteiger partial charge in [-0.3, -0.25) is 4.79 Å². The third-order valence-corrected chi connectivity index (χ3v) is 2.73. The first-order valence-electron chi connectivity index (χ1n) is 5.52. The molecule has 86 valence electrons. The van der Waals surface area contributed by atoms with Gasteiger partial charge in [-0.25, -0.2) is 0 Å². The molecule has 0 unspecified atom stereocenters. The van der Waals surface area contributed by atoms with Crippen molar-refractivity contribution in [2.45, 2.75) is 13.3 Å². The number of hydrogen-bond acceptors (Lipinski definition) is 3. The number of rotatable bonds is 3. The molecule has 1 aliphatic rings. The molecule has 0 saturated heterocycles. The van der Waals surface area contributed by atoms with Crippen molar-refractivity contribution in [3.05, 3.63) is 23.8 Å². The molecule has 4 nitrogen and oxygen atoms in total. The lowest BCUT2D eigenvalue weighted by atomic mass is 10.1. The molecule has 1 aromatic rings. The number of aryl methyl sites for hydroxylation is 1. The van der Waals surface area contributed by atoms with Crippen LogP contribution in [0.15, 0.2) is 18.2 Å². The van der Waals surface area contributed by atoms with E-state index in [1.807, 2.05) is 18.2 Å². The van der Waals surface area contributed by atoms with Gasteiger partial charge in [-0.15, -0.1) is 0 Å². The van der Waals surface area contributed by atoms with Crippen LogP contribution in [0.5, 0.6) is 5.75 Å². The summed E-state index contributed by atoms with van der Waals surface area (Å²) in [5.41, 5.74) is 7.56. The molecule has 2 rings (SSSR count). The summed E-state index contributed by atoms with van der Waals surface area (Å²) in [6.07, 6.45) is 0.942. The fraction of sp³-hybridized carbons (Fsp3) is 0.417. The predicted molar refractivity (Wildman–Crippen MR) is 62.7 cm³/mol. The average molecular weight is 220 g/mol. The average Bonchev–Trinajstić information content (AvgIpc) is 2.32. The number of carbonyl (C=O) groups excluding carboxylic acids is 1. The van der Waals surface area contributed by atoms with Gasteiger partial charge in [0, 0.05) is 13.1 Å². The highest BCUT2D eigenvalue weighted by atomic mass is 16.5. The summed E-state index contributed by atoms with van der Waals surface area (Å²) >= 11 is 0. The van der Waals surface area contributed by atoms with E-state index in [4.69, 9.17) is 10.5 Å². The molecule has 0 aliphatic carbocycles. The minimum atomic E-state index is -0.0220. The van der Waals surface area contributed by atoms with Gasteiger partial charge >= 0.3 is 0 Å². The van der Waals surface area contributed by atoms with Crippen molar-refractivity contribution in [2.75, 3.05) is 24.6 Å². The van der Waals surface area contributed by atoms with Gasteiger partial charge in [0.2, 0.25) is 0 Å². The molecule has 0 atom stereocenters. The van der Waals surface area contributed by atoms with Crippen molar-refractivity contribution in [1.82, 2.24) is 0 Å². The van der Waals surface area contributed by atoms with Crippen LogP contribution in [-0.4, -0.2) is 25.6 Å². The van der Waals surface area contributed by atoms with Gasteiger partial charge in [0.15, 0.2) is 6.61 Å². The molecule has 1 amide bonds. The fourth-order valence-corrected chi connectivity index (χ4v) is 1.84. The number of nitrogens with two attached hydrogens (primary N) is 1. The van der Waals surface area contributed by atoms with Crippen LogP contribution >= 0.6 is 0 Å². The van der Waals surface area contributed by atoms with Crippen molar-refractivity contribution in [1.29, 1.82) is 0 Å². The molecule has 0 saturated carbocycles. The maximum atomic E-state index is 11.7. The van der Waals surface area contributed by atoms with Gasteiger partial charge in [-0.1, -0.05) is 13.0 Å². The Morgan fingerprint density at radius 3 is 3.00 bits per heavy atom. The standard InChI is InChI=1S/C12H16N2O2/c1-2-9-3-4-11-10(7-9)14(6-5-13)12(15)8-16-11/h3-4,7H,2,5-6,8,13H2,1H3. The molecule has 1 aliphatic heterocycles. The first-order chi connectivity index (χ1) is 7.76. The number of fused-ring (bicyclic) bond motifs is 1. The molecule has 2 N–H and O–H groups in total. The van der Waals surface area contributed by atoms with E-state index in [0.717, 1.165) is 17.9 Å². The Kier molecular flexibility index (Phi) is 3.10. The van der Waals surface area contributed by atoms with Crippen LogP contribution in [0.1, 0.15) is 12.5 Å². The molecule has 0 fully saturated rings. The van der Waals surface area contributed by atoms with Gasteiger partial charge in [-0.05, 0) is 24.1 Å². The number of nitrogens with zero attached hydrogens (tertiary/aromatic N) is 1. The number of benzene rings is 1. The summed E-state index contributed by atoms with van der Waals surface area (Å²) in [4.78, 5) is 13.4. The summed E-state index contributed by atoms with van der Waals surface area (Å²) in [7, 11) is 0. The van der Waals surface area contributed by atoms with Crippen molar-refractivity contribution in [2.24, 2.45) is 5.73 Å². The minimum Gasteiger partial charge on any atom is -0.482 e. The first kappa shape index (κ1) is 11.0. The third-order valence-electron chi connectivity index (χ3n) is 2.73. The Balaban J connectivity index is 2.39. The fourth-order valence-electron chi connectivity index (χ4n) is 1.84. The van der Waals surface area contributed by atoms with Gasteiger partial charge in [0.05, 0.1) is 5.69 Å². The lowest BCUT2D eigenvalue weighted by molar-refractivity contribution is -0.121. The van der Waals surface area contributed by atoms with Crippen LogP contribution < -0.4 is 15.4 Å². The second kappa shape index (κ2) is 4.53. The monoisotopic (exact) mass is 220 g/mol. The maximum Gasteiger partial charge on any atom is 0.265 e. The maximum absolute atomic E-state index is 11.7. The predicted octanol–water partition coefficient (Wildman–Crippen LogP) is 0.933. The summed E-state index contributed by atoms with van der Waals surface area (Å²) in [5, 5.41) is 0. The van der Waals surface area contributed by atoms with Crippen LogP contribution in [-0.2, 0) is 11.2 Å². The number of amides is 1. The summed E-state index contributed by atoms with van der Waals surface area (Å²) in [6, 6.07) is 5.95. The Morgan fingerprint density at radius 1 is 1.50 bits per heavy atom. The first-order valence-corrected chi connectivity index (χ1v) is 5.52. The zero-order valence-electron chi connectivity index (χ0n) is 9.40. The van der Waals surface area contributed by atoms with Crippen molar-refractivity contribution < 1.29 is 9.53 Å². The highest BCUT2D eigenvalue weighted by Gasteiger charge is 2.24. The largest absolute Gasteiger partial charge is 0.482 e. The topological polar surface area (TPSA) is 55.6 Å². The summed E-state index contributed by atoms with van der Waals surface area (Å²) in [6.45, 7) is 3.20. The van der Waals surface area contributed by atoms with E-state index >= 15 is 0 Å². The Morgan fingerprint density at radius 2 is 2.31 bits per heavy atom. The molecule has 1 aromatic carbocycles. The van der Waals surface area contributed by atoms with Crippen LogP contribution in [0.2, 0.25) is 0 Å². The van der Waals surface area contributed by atoms with E-state index in [1.54, 1.807) is 4.90 Å². The smallest absolute Gasteiger partial charge is 0.265 e. The Labute approximate surface area is 95.0 Å². The van der Waals surface area contributed by atoms with Gasteiger partial charge in [0.25, 0.3) is 5.91 Å². The SMILES string of the molecule is CCc1ccc2c(c1)N(CCN)C(=O)CO2. The van der Waals surface area contributed by atoms with Gasteiger partial charge in [-0.2, -0.15) is 0 Å². The Hall–Kier alpha value is -1.55. The highest BCUT2D eigenvalue weighted by Crippen LogP contribution is 2.32. The molecule has 1 heterocycles. The second-order valence-electron chi connectivity index (χ2n) is 3.78. The summed E-state index contributed by atoms with van der Waals surface area (Å²) in [5.74, 6) is 0.747.